The topological polar surface area (TPSA) is 58.4 Å². The number of carbonyl (C=O) groups is 1. The molecule has 1 N–H and O–H groups in total. The molecule has 1 saturated heterocycles. The average Bonchev–Trinajstić information content (AvgIpc) is 3.04. The maximum absolute atomic E-state index is 12.7. The van der Waals surface area contributed by atoms with Crippen molar-refractivity contribution in [1.29, 1.82) is 0 Å². The van der Waals surface area contributed by atoms with Gasteiger partial charge in [0.2, 0.25) is 0 Å². The molecule has 0 spiro atoms. The first kappa shape index (κ1) is 14.8. The maximum Gasteiger partial charge on any atom is 0.272 e. The fraction of sp³-hybridized carbons (Fsp3) is 0.412. The summed E-state index contributed by atoms with van der Waals surface area (Å²) >= 11 is 0. The van der Waals surface area contributed by atoms with Crippen LogP contribution < -0.4 is 0 Å². The fourth-order valence-electron chi connectivity index (χ4n) is 2.99. The predicted octanol–water partition coefficient (Wildman–Crippen LogP) is 2.11. The van der Waals surface area contributed by atoms with Crippen LogP contribution in [0.25, 0.3) is 5.69 Å². The van der Waals surface area contributed by atoms with Crippen LogP contribution in [0, 0.1) is 5.92 Å². The van der Waals surface area contributed by atoms with E-state index in [1.165, 1.54) is 0 Å². The molecule has 1 fully saturated rings. The third kappa shape index (κ3) is 2.90. The smallest absolute Gasteiger partial charge is 0.272 e. The van der Waals surface area contributed by atoms with E-state index in [1.54, 1.807) is 12.5 Å². The van der Waals surface area contributed by atoms with E-state index in [2.05, 4.69) is 4.98 Å². The lowest BCUT2D eigenvalue weighted by Crippen LogP contribution is -2.41. The first-order chi connectivity index (χ1) is 10.7. The number of likely N-dealkylation sites (tertiary alicyclic amines) is 1. The minimum Gasteiger partial charge on any atom is -0.393 e. The van der Waals surface area contributed by atoms with Gasteiger partial charge in [-0.3, -0.25) is 9.36 Å². The number of imidazole rings is 1. The van der Waals surface area contributed by atoms with Gasteiger partial charge in [-0.2, -0.15) is 0 Å². The minimum absolute atomic E-state index is 0.00500. The molecule has 1 aliphatic heterocycles. The second kappa shape index (κ2) is 6.32. The van der Waals surface area contributed by atoms with E-state index in [0.717, 1.165) is 18.5 Å². The van der Waals surface area contributed by atoms with Crippen molar-refractivity contribution in [3.63, 3.8) is 0 Å². The Hall–Kier alpha value is -2.14. The lowest BCUT2D eigenvalue weighted by molar-refractivity contribution is 0.0515. The number of aliphatic hydroxyl groups is 1. The monoisotopic (exact) mass is 299 g/mol. The van der Waals surface area contributed by atoms with Crippen LogP contribution >= 0.6 is 0 Å². The van der Waals surface area contributed by atoms with E-state index >= 15 is 0 Å². The molecule has 1 aromatic carbocycles. The van der Waals surface area contributed by atoms with Crippen LogP contribution in [0.2, 0.25) is 0 Å². The average molecular weight is 299 g/mol. The largest absolute Gasteiger partial charge is 0.393 e. The van der Waals surface area contributed by atoms with Gasteiger partial charge < -0.3 is 10.0 Å². The number of para-hydroxylation sites is 1. The Morgan fingerprint density at radius 3 is 2.59 bits per heavy atom. The Morgan fingerprint density at radius 1 is 1.27 bits per heavy atom. The molecule has 2 heterocycles. The summed E-state index contributed by atoms with van der Waals surface area (Å²) in [5.41, 5.74) is 1.52. The predicted molar refractivity (Wildman–Crippen MR) is 83.9 cm³/mol. The Bertz CT molecular complexity index is 628. The van der Waals surface area contributed by atoms with E-state index in [4.69, 9.17) is 0 Å². The minimum atomic E-state index is -0.299. The fourth-order valence-corrected chi connectivity index (χ4v) is 2.99. The summed E-state index contributed by atoms with van der Waals surface area (Å²) in [7, 11) is 0. The van der Waals surface area contributed by atoms with Gasteiger partial charge in [0.15, 0.2) is 0 Å². The molecular formula is C17H21N3O2. The van der Waals surface area contributed by atoms with Gasteiger partial charge in [-0.25, -0.2) is 4.98 Å². The second-order valence-electron chi connectivity index (χ2n) is 5.85. The summed E-state index contributed by atoms with van der Waals surface area (Å²) in [6, 6.07) is 9.74. The number of hydrogen-bond donors (Lipinski definition) is 1. The van der Waals surface area contributed by atoms with E-state index in [-0.39, 0.29) is 12.0 Å². The van der Waals surface area contributed by atoms with E-state index in [1.807, 2.05) is 46.7 Å². The SMILES string of the molecule is CC(O)C1CCN(C(=O)c2cncn2-c2ccccc2)CC1. The standard InChI is InChI=1S/C17H21N3O2/c1-13(21)14-7-9-19(10-8-14)17(22)16-11-18-12-20(16)15-5-3-2-4-6-15/h2-6,11-14,21H,7-10H2,1H3. The Balaban J connectivity index is 1.76. The Labute approximate surface area is 130 Å². The van der Waals surface area contributed by atoms with Crippen molar-refractivity contribution in [2.45, 2.75) is 25.9 Å². The Morgan fingerprint density at radius 2 is 1.95 bits per heavy atom. The molecule has 116 valence electrons. The van der Waals surface area contributed by atoms with Gasteiger partial charge >= 0.3 is 0 Å². The summed E-state index contributed by atoms with van der Waals surface area (Å²) in [6.45, 7) is 3.20. The zero-order valence-electron chi connectivity index (χ0n) is 12.7. The van der Waals surface area contributed by atoms with E-state index in [0.29, 0.717) is 24.7 Å². The lowest BCUT2D eigenvalue weighted by Gasteiger charge is -2.33. The summed E-state index contributed by atoms with van der Waals surface area (Å²) in [4.78, 5) is 18.7. The molecule has 1 aromatic heterocycles. The number of piperidine rings is 1. The summed E-state index contributed by atoms with van der Waals surface area (Å²) in [5.74, 6) is 0.300. The molecule has 1 unspecified atom stereocenters. The zero-order valence-corrected chi connectivity index (χ0v) is 12.7. The molecule has 0 bridgehead atoms. The molecule has 5 nitrogen and oxygen atoms in total. The van der Waals surface area contributed by atoms with Crippen molar-refractivity contribution in [2.24, 2.45) is 5.92 Å². The zero-order chi connectivity index (χ0) is 15.5. The first-order valence-corrected chi connectivity index (χ1v) is 7.72. The highest BCUT2D eigenvalue weighted by atomic mass is 16.3. The molecular weight excluding hydrogens is 278 g/mol. The molecule has 2 aromatic rings. The van der Waals surface area contributed by atoms with Crippen molar-refractivity contribution < 1.29 is 9.90 Å². The number of aliphatic hydroxyl groups excluding tert-OH is 1. The molecule has 22 heavy (non-hydrogen) atoms. The van der Waals surface area contributed by atoms with Crippen LogP contribution in [0.1, 0.15) is 30.3 Å². The number of rotatable bonds is 3. The van der Waals surface area contributed by atoms with Crippen LogP contribution in [0.5, 0.6) is 0 Å². The van der Waals surface area contributed by atoms with Gasteiger partial charge in [0.05, 0.1) is 18.6 Å². The molecule has 1 aliphatic rings. The number of nitrogens with zero attached hydrogens (tertiary/aromatic N) is 3. The van der Waals surface area contributed by atoms with Crippen molar-refractivity contribution in [3.8, 4) is 5.69 Å². The van der Waals surface area contributed by atoms with Gasteiger partial charge in [-0.1, -0.05) is 18.2 Å². The molecule has 0 saturated carbocycles. The van der Waals surface area contributed by atoms with Gasteiger partial charge in [0, 0.05) is 18.8 Å². The third-order valence-electron chi connectivity index (χ3n) is 4.40. The van der Waals surface area contributed by atoms with Crippen LogP contribution in [-0.2, 0) is 0 Å². The maximum atomic E-state index is 12.7. The second-order valence-corrected chi connectivity index (χ2v) is 5.85. The van der Waals surface area contributed by atoms with Crippen LogP contribution in [0.4, 0.5) is 0 Å². The lowest BCUT2D eigenvalue weighted by atomic mass is 9.92. The summed E-state index contributed by atoms with van der Waals surface area (Å²) < 4.78 is 1.82. The van der Waals surface area contributed by atoms with Gasteiger partial charge in [0.25, 0.3) is 5.91 Å². The van der Waals surface area contributed by atoms with E-state index in [9.17, 15) is 9.90 Å². The number of aromatic nitrogens is 2. The highest BCUT2D eigenvalue weighted by Gasteiger charge is 2.27. The molecule has 0 aliphatic carbocycles. The molecule has 0 radical (unpaired) electrons. The molecule has 3 rings (SSSR count). The highest BCUT2D eigenvalue weighted by molar-refractivity contribution is 5.93. The molecule has 1 amide bonds. The Kier molecular flexibility index (Phi) is 4.24. The molecule has 1 atom stereocenters. The van der Waals surface area contributed by atoms with Crippen LogP contribution in [0.15, 0.2) is 42.9 Å². The highest BCUT2D eigenvalue weighted by Crippen LogP contribution is 2.22. The van der Waals surface area contributed by atoms with Crippen LogP contribution in [0.3, 0.4) is 0 Å². The number of amides is 1. The first-order valence-electron chi connectivity index (χ1n) is 7.72. The van der Waals surface area contributed by atoms with Gasteiger partial charge in [-0.05, 0) is 37.8 Å². The number of hydrogen-bond acceptors (Lipinski definition) is 3. The van der Waals surface area contributed by atoms with Gasteiger partial charge in [0.1, 0.15) is 5.69 Å². The van der Waals surface area contributed by atoms with Gasteiger partial charge in [-0.15, -0.1) is 0 Å². The number of carbonyl (C=O) groups excluding carboxylic acids is 1. The van der Waals surface area contributed by atoms with E-state index < -0.39 is 0 Å². The normalized spacial score (nSPS) is 17.5. The van der Waals surface area contributed by atoms with Crippen molar-refractivity contribution >= 4 is 5.91 Å². The van der Waals surface area contributed by atoms with Crippen molar-refractivity contribution in [2.75, 3.05) is 13.1 Å². The van der Waals surface area contributed by atoms with Crippen molar-refractivity contribution in [3.05, 3.63) is 48.5 Å². The van der Waals surface area contributed by atoms with Crippen molar-refractivity contribution in [1.82, 2.24) is 14.5 Å². The number of benzene rings is 1. The summed E-state index contributed by atoms with van der Waals surface area (Å²) in [5, 5.41) is 9.66. The molecule has 5 heteroatoms. The third-order valence-corrected chi connectivity index (χ3v) is 4.40. The quantitative estimate of drug-likeness (QED) is 0.944. The summed E-state index contributed by atoms with van der Waals surface area (Å²) in [6.07, 6.45) is 4.69. The van der Waals surface area contributed by atoms with Crippen LogP contribution in [-0.4, -0.2) is 44.7 Å².